The standard InChI is InChI=1S/C20H34O2/c1-15(10-14-21)7-8-17-19(4)12-6-11-18(2,3)16(19)9-13-20(17,5)22/h10,14,16-17,22H,6-9,11-13H2,1-5H3/b15-10+/t16-,17+,19-,20+/m0/s1. The molecule has 2 aliphatic rings. The van der Waals surface area contributed by atoms with Crippen LogP contribution in [0.1, 0.15) is 79.6 Å². The predicted molar refractivity (Wildman–Crippen MR) is 91.6 cm³/mol. The number of fused-ring (bicyclic) bond motifs is 1. The van der Waals surface area contributed by atoms with Crippen molar-refractivity contribution in [2.75, 3.05) is 0 Å². The van der Waals surface area contributed by atoms with Crippen molar-refractivity contribution in [1.29, 1.82) is 0 Å². The van der Waals surface area contributed by atoms with Crippen molar-refractivity contribution in [3.63, 3.8) is 0 Å². The second-order valence-electron chi connectivity index (χ2n) is 9.04. The number of hydrogen-bond donors (Lipinski definition) is 1. The Balaban J connectivity index is 2.26. The van der Waals surface area contributed by atoms with Crippen molar-refractivity contribution >= 4 is 6.29 Å². The van der Waals surface area contributed by atoms with Crippen LogP contribution in [0.5, 0.6) is 0 Å². The summed E-state index contributed by atoms with van der Waals surface area (Å²) in [7, 11) is 0. The minimum absolute atomic E-state index is 0.227. The zero-order valence-electron chi connectivity index (χ0n) is 15.1. The van der Waals surface area contributed by atoms with E-state index >= 15 is 0 Å². The molecule has 2 rings (SSSR count). The first-order chi connectivity index (χ1) is 10.1. The van der Waals surface area contributed by atoms with Crippen LogP contribution in [-0.4, -0.2) is 17.0 Å². The van der Waals surface area contributed by atoms with Gasteiger partial charge in [0, 0.05) is 0 Å². The third-order valence-corrected chi connectivity index (χ3v) is 6.94. The summed E-state index contributed by atoms with van der Waals surface area (Å²) >= 11 is 0. The van der Waals surface area contributed by atoms with Crippen LogP contribution in [0.25, 0.3) is 0 Å². The molecule has 0 aliphatic heterocycles. The van der Waals surface area contributed by atoms with E-state index in [-0.39, 0.29) is 5.41 Å². The number of aliphatic hydroxyl groups is 1. The largest absolute Gasteiger partial charge is 0.390 e. The number of allylic oxidation sites excluding steroid dienone is 2. The fourth-order valence-electron chi connectivity index (χ4n) is 5.84. The first-order valence-corrected chi connectivity index (χ1v) is 8.97. The number of hydrogen-bond acceptors (Lipinski definition) is 2. The quantitative estimate of drug-likeness (QED) is 0.592. The summed E-state index contributed by atoms with van der Waals surface area (Å²) in [4.78, 5) is 10.6. The molecule has 0 aromatic rings. The molecule has 0 spiro atoms. The van der Waals surface area contributed by atoms with Gasteiger partial charge in [-0.05, 0) is 81.1 Å². The maximum atomic E-state index is 11.1. The lowest BCUT2D eigenvalue weighted by atomic mass is 9.45. The molecule has 126 valence electrons. The molecule has 2 saturated carbocycles. The Kier molecular flexibility index (Phi) is 4.92. The monoisotopic (exact) mass is 306 g/mol. The SMILES string of the molecule is C/C(=C\C=O)CC[C@@H]1[C@@]2(C)CCCC(C)(C)[C@@H]2CC[C@@]1(C)O. The minimum atomic E-state index is -0.569. The number of aldehydes is 1. The molecule has 0 aromatic carbocycles. The fraction of sp³-hybridized carbons (Fsp3) is 0.850. The summed E-state index contributed by atoms with van der Waals surface area (Å²) in [5.41, 5.74) is 1.17. The molecule has 0 radical (unpaired) electrons. The Bertz CT molecular complexity index is 447. The van der Waals surface area contributed by atoms with Crippen molar-refractivity contribution in [2.24, 2.45) is 22.7 Å². The van der Waals surface area contributed by atoms with Gasteiger partial charge in [-0.1, -0.05) is 32.8 Å². The van der Waals surface area contributed by atoms with Crippen LogP contribution in [-0.2, 0) is 4.79 Å². The highest BCUT2D eigenvalue weighted by Crippen LogP contribution is 2.62. The molecule has 1 N–H and O–H groups in total. The van der Waals surface area contributed by atoms with Gasteiger partial charge in [-0.25, -0.2) is 0 Å². The summed E-state index contributed by atoms with van der Waals surface area (Å²) < 4.78 is 0. The van der Waals surface area contributed by atoms with Gasteiger partial charge in [-0.15, -0.1) is 0 Å². The van der Waals surface area contributed by atoms with E-state index < -0.39 is 5.60 Å². The number of carbonyl (C=O) groups is 1. The summed E-state index contributed by atoms with van der Waals surface area (Å²) in [5, 5.41) is 11.1. The Morgan fingerprint density at radius 2 is 1.86 bits per heavy atom. The highest BCUT2D eigenvalue weighted by molar-refractivity contribution is 5.65. The van der Waals surface area contributed by atoms with E-state index in [4.69, 9.17) is 0 Å². The molecule has 2 heteroatoms. The Labute approximate surface area is 136 Å². The Morgan fingerprint density at radius 3 is 2.50 bits per heavy atom. The smallest absolute Gasteiger partial charge is 0.142 e. The van der Waals surface area contributed by atoms with Crippen molar-refractivity contribution in [2.45, 2.75) is 85.2 Å². The lowest BCUT2D eigenvalue weighted by Gasteiger charge is -2.61. The molecule has 0 unspecified atom stereocenters. The van der Waals surface area contributed by atoms with Crippen molar-refractivity contribution in [1.82, 2.24) is 0 Å². The molecule has 4 atom stereocenters. The third kappa shape index (κ3) is 3.18. The van der Waals surface area contributed by atoms with E-state index in [0.717, 1.165) is 37.5 Å². The number of carbonyl (C=O) groups excluding carboxylic acids is 1. The van der Waals surface area contributed by atoms with Gasteiger partial charge in [-0.2, -0.15) is 0 Å². The molecule has 0 heterocycles. The average molecular weight is 306 g/mol. The highest BCUT2D eigenvalue weighted by Gasteiger charge is 2.57. The van der Waals surface area contributed by atoms with Gasteiger partial charge in [0.1, 0.15) is 6.29 Å². The maximum Gasteiger partial charge on any atom is 0.142 e. The van der Waals surface area contributed by atoms with E-state index in [2.05, 4.69) is 20.8 Å². The van der Waals surface area contributed by atoms with Gasteiger partial charge in [-0.3, -0.25) is 4.79 Å². The molecule has 2 fully saturated rings. The third-order valence-electron chi connectivity index (χ3n) is 6.94. The topological polar surface area (TPSA) is 37.3 Å². The van der Waals surface area contributed by atoms with Crippen LogP contribution in [0.2, 0.25) is 0 Å². The molecular weight excluding hydrogens is 272 g/mol. The van der Waals surface area contributed by atoms with Gasteiger partial charge < -0.3 is 5.11 Å². The first kappa shape index (κ1) is 17.7. The Morgan fingerprint density at radius 1 is 1.18 bits per heavy atom. The van der Waals surface area contributed by atoms with E-state index in [9.17, 15) is 9.90 Å². The van der Waals surface area contributed by atoms with Crippen LogP contribution < -0.4 is 0 Å². The maximum absolute atomic E-state index is 11.1. The zero-order valence-corrected chi connectivity index (χ0v) is 15.1. The van der Waals surface area contributed by atoms with Gasteiger partial charge in [0.15, 0.2) is 0 Å². The van der Waals surface area contributed by atoms with Gasteiger partial charge in [0.05, 0.1) is 5.60 Å². The lowest BCUT2D eigenvalue weighted by molar-refractivity contribution is -0.168. The molecule has 0 bridgehead atoms. The van der Waals surface area contributed by atoms with Crippen LogP contribution in [0.4, 0.5) is 0 Å². The second kappa shape index (κ2) is 6.11. The van der Waals surface area contributed by atoms with Crippen LogP contribution in [0, 0.1) is 22.7 Å². The molecule has 2 aliphatic carbocycles. The average Bonchev–Trinajstić information content (AvgIpc) is 2.36. The summed E-state index contributed by atoms with van der Waals surface area (Å²) in [6, 6.07) is 0. The molecular formula is C20H34O2. The van der Waals surface area contributed by atoms with Gasteiger partial charge >= 0.3 is 0 Å². The van der Waals surface area contributed by atoms with E-state index in [1.54, 1.807) is 6.08 Å². The zero-order chi connectivity index (χ0) is 16.6. The van der Waals surface area contributed by atoms with E-state index in [1.807, 2.05) is 13.8 Å². The predicted octanol–water partition coefficient (Wildman–Crippen LogP) is 4.91. The summed E-state index contributed by atoms with van der Waals surface area (Å²) in [6.45, 7) is 11.3. The summed E-state index contributed by atoms with van der Waals surface area (Å²) in [6.07, 6.45) is 10.3. The minimum Gasteiger partial charge on any atom is -0.390 e. The van der Waals surface area contributed by atoms with E-state index in [0.29, 0.717) is 17.3 Å². The summed E-state index contributed by atoms with van der Waals surface area (Å²) in [5.74, 6) is 1.03. The van der Waals surface area contributed by atoms with Gasteiger partial charge in [0.25, 0.3) is 0 Å². The lowest BCUT2D eigenvalue weighted by Crippen LogP contribution is -2.57. The van der Waals surface area contributed by atoms with Gasteiger partial charge in [0.2, 0.25) is 0 Å². The van der Waals surface area contributed by atoms with Crippen molar-refractivity contribution in [3.05, 3.63) is 11.6 Å². The highest BCUT2D eigenvalue weighted by atomic mass is 16.3. The normalized spacial score (nSPS) is 41.8. The fourth-order valence-corrected chi connectivity index (χ4v) is 5.84. The molecule has 0 aromatic heterocycles. The van der Waals surface area contributed by atoms with Crippen LogP contribution in [0.15, 0.2) is 11.6 Å². The first-order valence-electron chi connectivity index (χ1n) is 8.97. The van der Waals surface area contributed by atoms with Crippen molar-refractivity contribution < 1.29 is 9.90 Å². The van der Waals surface area contributed by atoms with Crippen molar-refractivity contribution in [3.8, 4) is 0 Å². The molecule has 2 nitrogen and oxygen atoms in total. The molecule has 0 saturated heterocycles. The molecule has 0 amide bonds. The Hall–Kier alpha value is -0.630. The van der Waals surface area contributed by atoms with Crippen LogP contribution >= 0.6 is 0 Å². The number of rotatable bonds is 4. The second-order valence-corrected chi connectivity index (χ2v) is 9.04. The molecule has 22 heavy (non-hydrogen) atoms. The van der Waals surface area contributed by atoms with Crippen LogP contribution in [0.3, 0.4) is 0 Å². The van der Waals surface area contributed by atoms with E-state index in [1.165, 1.54) is 19.3 Å².